The molecule has 0 saturated carbocycles. The van der Waals surface area contributed by atoms with E-state index in [2.05, 4.69) is 15.6 Å². The molecule has 4 nitrogen and oxygen atoms in total. The number of carbonyl (C=O) groups excluding carboxylic acids is 1. The average molecular weight is 393 g/mol. The molecule has 3 aromatic rings. The van der Waals surface area contributed by atoms with Gasteiger partial charge in [0.25, 0.3) is 5.91 Å². The molecule has 25 heavy (non-hydrogen) atoms. The lowest BCUT2D eigenvalue weighted by Crippen LogP contribution is -2.14. The van der Waals surface area contributed by atoms with E-state index in [0.717, 1.165) is 11.4 Å². The number of carbonyl (C=O) groups is 1. The van der Waals surface area contributed by atoms with Crippen LogP contribution in [-0.4, -0.2) is 10.9 Å². The second-order valence-corrected chi connectivity index (χ2v) is 6.27. The number of aromatic nitrogens is 1. The summed E-state index contributed by atoms with van der Waals surface area (Å²) in [6, 6.07) is 17.0. The zero-order valence-electron chi connectivity index (χ0n) is 12.8. The summed E-state index contributed by atoms with van der Waals surface area (Å²) in [6.07, 6.45) is 1.29. The van der Waals surface area contributed by atoms with Crippen molar-refractivity contribution in [2.24, 2.45) is 0 Å². The molecule has 0 spiro atoms. The van der Waals surface area contributed by atoms with Gasteiger partial charge in [-0.3, -0.25) is 4.79 Å². The fourth-order valence-electron chi connectivity index (χ4n) is 2.12. The summed E-state index contributed by atoms with van der Waals surface area (Å²) in [5, 5.41) is 6.30. The fraction of sp³-hybridized carbons (Fsp3) is 0. The molecule has 0 bridgehead atoms. The second-order valence-electron chi connectivity index (χ2n) is 5.11. The smallest absolute Gasteiger partial charge is 0.275 e. The normalized spacial score (nSPS) is 10.4. The Morgan fingerprint density at radius 3 is 2.08 bits per heavy atom. The lowest BCUT2D eigenvalue weighted by Gasteiger charge is -2.09. The van der Waals surface area contributed by atoms with E-state index >= 15 is 0 Å². The summed E-state index contributed by atoms with van der Waals surface area (Å²) >= 11 is 17.8. The number of nitrogens with zero attached hydrogens (tertiary/aromatic N) is 1. The molecule has 0 radical (unpaired) electrons. The second kappa shape index (κ2) is 7.74. The van der Waals surface area contributed by atoms with Crippen LogP contribution in [0.25, 0.3) is 0 Å². The first-order chi connectivity index (χ1) is 12.0. The van der Waals surface area contributed by atoms with Crippen molar-refractivity contribution in [3.05, 3.63) is 81.6 Å². The lowest BCUT2D eigenvalue weighted by atomic mass is 10.2. The van der Waals surface area contributed by atoms with E-state index in [1.54, 1.807) is 12.1 Å². The van der Waals surface area contributed by atoms with Gasteiger partial charge in [0.05, 0.1) is 15.1 Å². The monoisotopic (exact) mass is 391 g/mol. The van der Waals surface area contributed by atoms with Gasteiger partial charge in [0.2, 0.25) is 0 Å². The van der Waals surface area contributed by atoms with E-state index in [-0.39, 0.29) is 20.8 Å². The van der Waals surface area contributed by atoms with Crippen LogP contribution >= 0.6 is 34.8 Å². The van der Waals surface area contributed by atoms with Crippen molar-refractivity contribution in [3.8, 4) is 0 Å². The molecule has 0 aliphatic heterocycles. The Kier molecular flexibility index (Phi) is 5.43. The highest BCUT2D eigenvalue weighted by Crippen LogP contribution is 2.31. The average Bonchev–Trinajstić information content (AvgIpc) is 2.62. The first kappa shape index (κ1) is 17.5. The van der Waals surface area contributed by atoms with Gasteiger partial charge in [0, 0.05) is 23.3 Å². The van der Waals surface area contributed by atoms with Gasteiger partial charge < -0.3 is 10.6 Å². The van der Waals surface area contributed by atoms with E-state index in [4.69, 9.17) is 34.8 Å². The molecule has 7 heteroatoms. The van der Waals surface area contributed by atoms with Gasteiger partial charge in [-0.1, -0.05) is 53.0 Å². The first-order valence-corrected chi connectivity index (χ1v) is 8.41. The van der Waals surface area contributed by atoms with Crippen LogP contribution < -0.4 is 10.6 Å². The van der Waals surface area contributed by atoms with Crippen LogP contribution in [0, 0.1) is 0 Å². The van der Waals surface area contributed by atoms with Crippen LogP contribution in [0.4, 0.5) is 17.1 Å². The summed E-state index contributed by atoms with van der Waals surface area (Å²) in [4.78, 5) is 16.2. The van der Waals surface area contributed by atoms with Gasteiger partial charge in [-0.15, -0.1) is 0 Å². The highest BCUT2D eigenvalue weighted by atomic mass is 35.5. The van der Waals surface area contributed by atoms with Gasteiger partial charge in [0.15, 0.2) is 0 Å². The predicted octanol–water partition coefficient (Wildman–Crippen LogP) is 6.04. The van der Waals surface area contributed by atoms with Crippen molar-refractivity contribution < 1.29 is 4.79 Å². The fourth-order valence-corrected chi connectivity index (χ4v) is 2.68. The molecule has 0 saturated heterocycles. The minimum Gasteiger partial charge on any atom is -0.356 e. The Bertz CT molecular complexity index is 899. The summed E-state index contributed by atoms with van der Waals surface area (Å²) in [5.41, 5.74) is 2.50. The molecule has 0 atom stereocenters. The van der Waals surface area contributed by atoms with E-state index in [9.17, 15) is 4.79 Å². The molecule has 0 fully saturated rings. The summed E-state index contributed by atoms with van der Waals surface area (Å²) in [7, 11) is 0. The van der Waals surface area contributed by atoms with E-state index in [1.165, 1.54) is 6.20 Å². The number of pyridine rings is 1. The van der Waals surface area contributed by atoms with E-state index in [0.29, 0.717) is 5.69 Å². The zero-order valence-corrected chi connectivity index (χ0v) is 15.0. The van der Waals surface area contributed by atoms with Crippen LogP contribution in [0.5, 0.6) is 0 Å². The molecule has 0 unspecified atom stereocenters. The number of benzene rings is 2. The maximum Gasteiger partial charge on any atom is 0.275 e. The largest absolute Gasteiger partial charge is 0.356 e. The SMILES string of the molecule is O=C(Nc1ccc(Nc2ccccc2)cc1)c1ncc(Cl)c(Cl)c1Cl. The lowest BCUT2D eigenvalue weighted by molar-refractivity contribution is 0.102. The van der Waals surface area contributed by atoms with Crippen molar-refractivity contribution in [1.82, 2.24) is 4.98 Å². The number of hydrogen-bond donors (Lipinski definition) is 2. The first-order valence-electron chi connectivity index (χ1n) is 7.27. The van der Waals surface area contributed by atoms with Crippen LogP contribution in [0.3, 0.4) is 0 Å². The highest BCUT2D eigenvalue weighted by Gasteiger charge is 2.17. The van der Waals surface area contributed by atoms with Crippen LogP contribution in [0.2, 0.25) is 15.1 Å². The minimum absolute atomic E-state index is 0.0163. The maximum atomic E-state index is 12.3. The number of anilines is 3. The van der Waals surface area contributed by atoms with Crippen molar-refractivity contribution in [1.29, 1.82) is 0 Å². The summed E-state index contributed by atoms with van der Waals surface area (Å²) in [5.74, 6) is -0.465. The number of nitrogens with one attached hydrogen (secondary N) is 2. The molecular weight excluding hydrogens is 381 g/mol. The Labute approximate surface area is 159 Å². The van der Waals surface area contributed by atoms with Crippen LogP contribution in [0.15, 0.2) is 60.8 Å². The van der Waals surface area contributed by atoms with Crippen molar-refractivity contribution in [2.45, 2.75) is 0 Å². The van der Waals surface area contributed by atoms with Crippen LogP contribution in [-0.2, 0) is 0 Å². The third-order valence-electron chi connectivity index (χ3n) is 3.34. The molecule has 2 N–H and O–H groups in total. The number of para-hydroxylation sites is 1. The highest BCUT2D eigenvalue weighted by molar-refractivity contribution is 6.49. The number of amides is 1. The van der Waals surface area contributed by atoms with E-state index < -0.39 is 5.91 Å². The molecule has 1 amide bonds. The molecule has 2 aromatic carbocycles. The standard InChI is InChI=1S/C18H12Cl3N3O/c19-14-10-22-17(16(21)15(14)20)18(25)24-13-8-6-12(7-9-13)23-11-4-2-1-3-5-11/h1-10,23H,(H,24,25). The summed E-state index contributed by atoms with van der Waals surface area (Å²) < 4.78 is 0. The van der Waals surface area contributed by atoms with Crippen LogP contribution in [0.1, 0.15) is 10.5 Å². The Hall–Kier alpha value is -2.27. The quantitative estimate of drug-likeness (QED) is 0.569. The van der Waals surface area contributed by atoms with Crippen molar-refractivity contribution in [2.75, 3.05) is 10.6 Å². The van der Waals surface area contributed by atoms with E-state index in [1.807, 2.05) is 42.5 Å². The zero-order chi connectivity index (χ0) is 17.8. The Balaban J connectivity index is 1.71. The molecule has 1 aromatic heterocycles. The molecule has 0 aliphatic carbocycles. The third kappa shape index (κ3) is 4.23. The molecule has 3 rings (SSSR count). The summed E-state index contributed by atoms with van der Waals surface area (Å²) in [6.45, 7) is 0. The molecule has 126 valence electrons. The molecule has 0 aliphatic rings. The van der Waals surface area contributed by atoms with Crippen molar-refractivity contribution in [3.63, 3.8) is 0 Å². The molecular formula is C18H12Cl3N3O. The molecule has 1 heterocycles. The Morgan fingerprint density at radius 2 is 1.40 bits per heavy atom. The number of rotatable bonds is 4. The topological polar surface area (TPSA) is 54.0 Å². The van der Waals surface area contributed by atoms with Gasteiger partial charge in [0.1, 0.15) is 5.69 Å². The Morgan fingerprint density at radius 1 is 0.800 bits per heavy atom. The number of halogens is 3. The van der Waals surface area contributed by atoms with Gasteiger partial charge in [-0.05, 0) is 36.4 Å². The van der Waals surface area contributed by atoms with Gasteiger partial charge in [-0.2, -0.15) is 0 Å². The number of hydrogen-bond acceptors (Lipinski definition) is 3. The minimum atomic E-state index is -0.465. The maximum absolute atomic E-state index is 12.3. The predicted molar refractivity (Wildman–Crippen MR) is 103 cm³/mol. The third-order valence-corrected chi connectivity index (χ3v) is 4.58. The van der Waals surface area contributed by atoms with Crippen molar-refractivity contribution >= 4 is 57.8 Å². The van der Waals surface area contributed by atoms with Gasteiger partial charge >= 0.3 is 0 Å². The van der Waals surface area contributed by atoms with Gasteiger partial charge in [-0.25, -0.2) is 4.98 Å².